The van der Waals surface area contributed by atoms with Crippen molar-refractivity contribution >= 4 is 52.4 Å². The number of hydrogen-bond acceptors (Lipinski definition) is 5. The van der Waals surface area contributed by atoms with Gasteiger partial charge in [-0.1, -0.05) is 34.8 Å². The summed E-state index contributed by atoms with van der Waals surface area (Å²) in [7, 11) is 1.42. The lowest BCUT2D eigenvalue weighted by molar-refractivity contribution is -0.119. The molecule has 6 nitrogen and oxygen atoms in total. The van der Waals surface area contributed by atoms with Gasteiger partial charge < -0.3 is 19.9 Å². The molecular formula is C16H12Cl3NO5. The topological polar surface area (TPSA) is 84.9 Å². The molecule has 2 aromatic rings. The van der Waals surface area contributed by atoms with E-state index in [1.54, 1.807) is 0 Å². The van der Waals surface area contributed by atoms with Gasteiger partial charge in [0.25, 0.3) is 5.91 Å². The number of carbonyl (C=O) groups excluding carboxylic acids is 2. The van der Waals surface area contributed by atoms with Crippen LogP contribution in [0, 0.1) is 0 Å². The van der Waals surface area contributed by atoms with Crippen LogP contribution in [0.25, 0.3) is 0 Å². The van der Waals surface area contributed by atoms with Crippen LogP contribution in [0.5, 0.6) is 11.5 Å². The van der Waals surface area contributed by atoms with E-state index in [0.29, 0.717) is 10.8 Å². The molecule has 0 unspecified atom stereocenters. The maximum absolute atomic E-state index is 11.9. The van der Waals surface area contributed by atoms with Gasteiger partial charge in [0.05, 0.1) is 22.8 Å². The number of amides is 1. The van der Waals surface area contributed by atoms with Crippen LogP contribution < -0.4 is 10.1 Å². The normalized spacial score (nSPS) is 10.2. The lowest BCUT2D eigenvalue weighted by Gasteiger charge is -2.11. The van der Waals surface area contributed by atoms with E-state index in [0.717, 1.165) is 0 Å². The Balaban J connectivity index is 1.99. The fourth-order valence-electron chi connectivity index (χ4n) is 1.86. The van der Waals surface area contributed by atoms with Crippen LogP contribution in [0.15, 0.2) is 30.3 Å². The molecule has 0 bridgehead atoms. The van der Waals surface area contributed by atoms with E-state index in [-0.39, 0.29) is 27.0 Å². The number of halogens is 3. The largest absolute Gasteiger partial charge is 0.507 e. The molecule has 132 valence electrons. The second-order valence-electron chi connectivity index (χ2n) is 4.75. The van der Waals surface area contributed by atoms with Gasteiger partial charge in [0.1, 0.15) is 17.1 Å². The minimum absolute atomic E-state index is 0.101. The number of benzene rings is 2. The SMILES string of the molecule is COc1ccc(C(=O)OCC(=O)Nc2c(Cl)cc(Cl)cc2Cl)c(O)c1. The van der Waals surface area contributed by atoms with Crippen LogP contribution in [0.2, 0.25) is 15.1 Å². The van der Waals surface area contributed by atoms with E-state index >= 15 is 0 Å². The molecule has 2 N–H and O–H groups in total. The molecule has 0 spiro atoms. The first-order valence-corrected chi connectivity index (χ1v) is 7.93. The summed E-state index contributed by atoms with van der Waals surface area (Å²) in [4.78, 5) is 23.8. The van der Waals surface area contributed by atoms with Gasteiger partial charge in [-0.15, -0.1) is 0 Å². The minimum Gasteiger partial charge on any atom is -0.507 e. The number of phenols is 1. The van der Waals surface area contributed by atoms with Crippen LogP contribution in [0.1, 0.15) is 10.4 Å². The fraction of sp³-hybridized carbons (Fsp3) is 0.125. The summed E-state index contributed by atoms with van der Waals surface area (Å²) < 4.78 is 9.77. The third kappa shape index (κ3) is 4.92. The van der Waals surface area contributed by atoms with Crippen LogP contribution in [0.3, 0.4) is 0 Å². The van der Waals surface area contributed by atoms with Crippen LogP contribution in [-0.4, -0.2) is 30.7 Å². The number of hydrogen-bond donors (Lipinski definition) is 2. The first kappa shape index (κ1) is 19.2. The van der Waals surface area contributed by atoms with E-state index < -0.39 is 18.5 Å². The van der Waals surface area contributed by atoms with Crippen molar-refractivity contribution in [1.82, 2.24) is 0 Å². The van der Waals surface area contributed by atoms with Gasteiger partial charge in [0.15, 0.2) is 6.61 Å². The van der Waals surface area contributed by atoms with E-state index in [1.165, 1.54) is 37.4 Å². The zero-order chi connectivity index (χ0) is 18.6. The molecule has 9 heteroatoms. The smallest absolute Gasteiger partial charge is 0.342 e. The van der Waals surface area contributed by atoms with Crippen molar-refractivity contribution < 1.29 is 24.2 Å². The third-order valence-corrected chi connectivity index (χ3v) is 3.84. The van der Waals surface area contributed by atoms with E-state index in [9.17, 15) is 14.7 Å². The lowest BCUT2D eigenvalue weighted by Crippen LogP contribution is -2.21. The van der Waals surface area contributed by atoms with Crippen molar-refractivity contribution in [3.63, 3.8) is 0 Å². The zero-order valence-corrected chi connectivity index (χ0v) is 15.1. The first-order valence-electron chi connectivity index (χ1n) is 6.80. The van der Waals surface area contributed by atoms with Crippen molar-refractivity contribution in [2.75, 3.05) is 19.0 Å². The Kier molecular flexibility index (Phi) is 6.36. The number of anilines is 1. The van der Waals surface area contributed by atoms with Crippen molar-refractivity contribution in [2.24, 2.45) is 0 Å². The highest BCUT2D eigenvalue weighted by Gasteiger charge is 2.17. The molecule has 1 amide bonds. The van der Waals surface area contributed by atoms with Crippen LogP contribution in [0.4, 0.5) is 5.69 Å². The summed E-state index contributed by atoms with van der Waals surface area (Å²) in [5.41, 5.74) is 0.0530. The van der Waals surface area contributed by atoms with Crippen molar-refractivity contribution in [3.8, 4) is 11.5 Å². The third-order valence-electron chi connectivity index (χ3n) is 3.03. The zero-order valence-electron chi connectivity index (χ0n) is 12.8. The summed E-state index contributed by atoms with van der Waals surface area (Å²) in [5, 5.41) is 12.8. The first-order chi connectivity index (χ1) is 11.8. The van der Waals surface area contributed by atoms with E-state index in [1.807, 2.05) is 0 Å². The number of esters is 1. The summed E-state index contributed by atoms with van der Waals surface area (Å²) in [6.07, 6.45) is 0. The molecule has 0 heterocycles. The second kappa shape index (κ2) is 8.29. The summed E-state index contributed by atoms with van der Waals surface area (Å²) in [6, 6.07) is 6.87. The lowest BCUT2D eigenvalue weighted by atomic mass is 10.2. The molecular weight excluding hydrogens is 393 g/mol. The van der Waals surface area contributed by atoms with Crippen LogP contribution in [-0.2, 0) is 9.53 Å². The van der Waals surface area contributed by atoms with Gasteiger partial charge in [0.2, 0.25) is 0 Å². The standard InChI is InChI=1S/C16H12Cl3NO5/c1-24-9-2-3-10(13(21)6-9)16(23)25-7-14(22)20-15-11(18)4-8(17)5-12(15)19/h2-6,21H,7H2,1H3,(H,20,22). The van der Waals surface area contributed by atoms with Crippen molar-refractivity contribution in [2.45, 2.75) is 0 Å². The monoisotopic (exact) mass is 403 g/mol. The average Bonchev–Trinajstić information content (AvgIpc) is 2.55. The molecule has 0 aliphatic rings. The Morgan fingerprint density at radius 3 is 2.32 bits per heavy atom. The highest BCUT2D eigenvalue weighted by Crippen LogP contribution is 2.33. The average molecular weight is 405 g/mol. The molecule has 0 aromatic heterocycles. The van der Waals surface area contributed by atoms with Crippen LogP contribution >= 0.6 is 34.8 Å². The van der Waals surface area contributed by atoms with Gasteiger partial charge in [0, 0.05) is 11.1 Å². The minimum atomic E-state index is -0.872. The van der Waals surface area contributed by atoms with Crippen molar-refractivity contribution in [3.05, 3.63) is 51.0 Å². The highest BCUT2D eigenvalue weighted by molar-refractivity contribution is 6.42. The number of phenolic OH excluding ortho intramolecular Hbond substituents is 1. The number of aromatic hydroxyl groups is 1. The Bertz CT molecular complexity index is 802. The summed E-state index contributed by atoms with van der Waals surface area (Å²) >= 11 is 17.7. The molecule has 0 fully saturated rings. The predicted molar refractivity (Wildman–Crippen MR) is 95.0 cm³/mol. The quantitative estimate of drug-likeness (QED) is 0.731. The number of rotatable bonds is 5. The van der Waals surface area contributed by atoms with Crippen molar-refractivity contribution in [1.29, 1.82) is 0 Å². The maximum Gasteiger partial charge on any atom is 0.342 e. The van der Waals surface area contributed by atoms with E-state index in [4.69, 9.17) is 44.3 Å². The highest BCUT2D eigenvalue weighted by atomic mass is 35.5. The molecule has 0 radical (unpaired) electrons. The fourth-order valence-corrected chi connectivity index (χ4v) is 2.77. The number of ether oxygens (including phenoxy) is 2. The van der Waals surface area contributed by atoms with Gasteiger partial charge in [-0.2, -0.15) is 0 Å². The molecule has 0 aliphatic carbocycles. The van der Waals surface area contributed by atoms with Gasteiger partial charge in [-0.25, -0.2) is 4.79 Å². The Hall–Kier alpha value is -2.15. The number of carbonyl (C=O) groups is 2. The molecule has 0 aliphatic heterocycles. The number of methoxy groups -OCH3 is 1. The number of nitrogens with one attached hydrogen (secondary N) is 1. The van der Waals surface area contributed by atoms with Gasteiger partial charge >= 0.3 is 5.97 Å². The molecule has 0 saturated carbocycles. The molecule has 0 saturated heterocycles. The Morgan fingerprint density at radius 2 is 1.76 bits per heavy atom. The molecule has 2 rings (SSSR count). The second-order valence-corrected chi connectivity index (χ2v) is 6.00. The predicted octanol–water partition coefficient (Wildman–Crippen LogP) is 4.16. The Morgan fingerprint density at radius 1 is 1.12 bits per heavy atom. The van der Waals surface area contributed by atoms with Gasteiger partial charge in [-0.05, 0) is 24.3 Å². The summed E-state index contributed by atoms with van der Waals surface area (Å²) in [5.74, 6) is -1.48. The van der Waals surface area contributed by atoms with Gasteiger partial charge in [-0.3, -0.25) is 4.79 Å². The Labute approximate surface area is 158 Å². The maximum atomic E-state index is 11.9. The molecule has 2 aromatic carbocycles. The molecule has 0 atom stereocenters. The van der Waals surface area contributed by atoms with E-state index in [2.05, 4.69) is 5.32 Å². The summed E-state index contributed by atoms with van der Waals surface area (Å²) in [6.45, 7) is -0.598. The molecule has 25 heavy (non-hydrogen) atoms.